The van der Waals surface area contributed by atoms with Crippen LogP contribution in [0.2, 0.25) is 0 Å². The van der Waals surface area contributed by atoms with Crippen LogP contribution in [0.5, 0.6) is 0 Å². The summed E-state index contributed by atoms with van der Waals surface area (Å²) in [6, 6.07) is 0.761. The van der Waals surface area contributed by atoms with Crippen molar-refractivity contribution in [2.45, 2.75) is 59.5 Å². The molecule has 0 radical (unpaired) electrons. The SMILES string of the molecule is CC(C)CCN(c1nc(CNCC(C)C)cs1)C1CC1. The second-order valence-corrected chi connectivity index (χ2v) is 7.59. The standard InChI is InChI=1S/C16H29N3S/c1-12(2)7-8-19(15-5-6-15)16-18-14(11-20-16)10-17-9-13(3)4/h11-13,15,17H,5-10H2,1-4H3. The van der Waals surface area contributed by atoms with Crippen LogP contribution in [0.15, 0.2) is 5.38 Å². The highest BCUT2D eigenvalue weighted by molar-refractivity contribution is 7.13. The van der Waals surface area contributed by atoms with Gasteiger partial charge in [-0.05, 0) is 37.6 Å². The minimum absolute atomic E-state index is 0.696. The fraction of sp³-hybridized carbons (Fsp3) is 0.812. The lowest BCUT2D eigenvalue weighted by Crippen LogP contribution is -2.27. The molecule has 1 saturated carbocycles. The zero-order chi connectivity index (χ0) is 14.5. The summed E-state index contributed by atoms with van der Waals surface area (Å²) < 4.78 is 0. The maximum atomic E-state index is 4.83. The summed E-state index contributed by atoms with van der Waals surface area (Å²) in [4.78, 5) is 7.37. The lowest BCUT2D eigenvalue weighted by atomic mass is 10.1. The Morgan fingerprint density at radius 2 is 2.05 bits per heavy atom. The van der Waals surface area contributed by atoms with Crippen molar-refractivity contribution in [2.24, 2.45) is 11.8 Å². The Morgan fingerprint density at radius 3 is 2.65 bits per heavy atom. The molecule has 0 unspecified atom stereocenters. The molecule has 1 fully saturated rings. The molecule has 0 saturated heterocycles. The Labute approximate surface area is 127 Å². The fourth-order valence-corrected chi connectivity index (χ4v) is 3.14. The molecule has 0 spiro atoms. The van der Waals surface area contributed by atoms with E-state index in [0.717, 1.165) is 31.6 Å². The lowest BCUT2D eigenvalue weighted by Gasteiger charge is -2.22. The first-order valence-electron chi connectivity index (χ1n) is 7.98. The van der Waals surface area contributed by atoms with E-state index in [2.05, 4.69) is 43.3 Å². The van der Waals surface area contributed by atoms with E-state index in [-0.39, 0.29) is 0 Å². The Bertz CT molecular complexity index is 396. The van der Waals surface area contributed by atoms with Gasteiger partial charge in [0, 0.05) is 24.5 Å². The van der Waals surface area contributed by atoms with Crippen LogP contribution < -0.4 is 10.2 Å². The van der Waals surface area contributed by atoms with Crippen LogP contribution in [0.25, 0.3) is 0 Å². The second-order valence-electron chi connectivity index (χ2n) is 6.75. The molecular formula is C16H29N3S. The van der Waals surface area contributed by atoms with Gasteiger partial charge in [0.2, 0.25) is 0 Å². The number of nitrogens with zero attached hydrogens (tertiary/aromatic N) is 2. The molecule has 1 heterocycles. The Kier molecular flexibility index (Phi) is 5.85. The number of thiazole rings is 1. The number of aromatic nitrogens is 1. The van der Waals surface area contributed by atoms with E-state index in [0.29, 0.717) is 5.92 Å². The van der Waals surface area contributed by atoms with Crippen LogP contribution in [-0.4, -0.2) is 24.1 Å². The molecule has 1 aromatic rings. The van der Waals surface area contributed by atoms with E-state index in [1.165, 1.54) is 30.1 Å². The summed E-state index contributed by atoms with van der Waals surface area (Å²) in [5.41, 5.74) is 1.20. The van der Waals surface area contributed by atoms with Gasteiger partial charge in [0.1, 0.15) is 0 Å². The quantitative estimate of drug-likeness (QED) is 0.749. The van der Waals surface area contributed by atoms with Crippen LogP contribution in [-0.2, 0) is 6.54 Å². The molecule has 0 aromatic carbocycles. The Hall–Kier alpha value is -0.610. The molecule has 0 bridgehead atoms. The molecule has 1 aromatic heterocycles. The first-order chi connectivity index (χ1) is 9.56. The van der Waals surface area contributed by atoms with Gasteiger partial charge in [0.25, 0.3) is 0 Å². The summed E-state index contributed by atoms with van der Waals surface area (Å²) in [5, 5.41) is 6.92. The Balaban J connectivity index is 1.87. The summed E-state index contributed by atoms with van der Waals surface area (Å²) in [5.74, 6) is 1.46. The maximum absolute atomic E-state index is 4.83. The molecule has 0 aliphatic heterocycles. The predicted octanol–water partition coefficient (Wildman–Crippen LogP) is 3.90. The number of rotatable bonds is 9. The van der Waals surface area contributed by atoms with E-state index in [4.69, 9.17) is 4.98 Å². The number of hydrogen-bond donors (Lipinski definition) is 1. The number of nitrogens with one attached hydrogen (secondary N) is 1. The molecule has 3 nitrogen and oxygen atoms in total. The summed E-state index contributed by atoms with van der Waals surface area (Å²) in [6.07, 6.45) is 3.95. The van der Waals surface area contributed by atoms with Gasteiger partial charge in [0.05, 0.1) is 5.69 Å². The van der Waals surface area contributed by atoms with E-state index in [1.54, 1.807) is 0 Å². The van der Waals surface area contributed by atoms with Crippen LogP contribution >= 0.6 is 11.3 Å². The zero-order valence-corrected chi connectivity index (χ0v) is 14.2. The third kappa shape index (κ3) is 5.06. The van der Waals surface area contributed by atoms with Crippen molar-refractivity contribution in [3.05, 3.63) is 11.1 Å². The van der Waals surface area contributed by atoms with Crippen LogP contribution in [0.4, 0.5) is 5.13 Å². The fourth-order valence-electron chi connectivity index (χ4n) is 2.22. The molecule has 1 aliphatic rings. The van der Waals surface area contributed by atoms with E-state index >= 15 is 0 Å². The highest BCUT2D eigenvalue weighted by Crippen LogP contribution is 2.33. The summed E-state index contributed by atoms with van der Waals surface area (Å²) in [7, 11) is 0. The second kappa shape index (κ2) is 7.41. The van der Waals surface area contributed by atoms with E-state index < -0.39 is 0 Å². The average Bonchev–Trinajstić information content (AvgIpc) is 3.09. The third-order valence-corrected chi connectivity index (χ3v) is 4.51. The Morgan fingerprint density at radius 1 is 1.30 bits per heavy atom. The summed E-state index contributed by atoms with van der Waals surface area (Å²) in [6.45, 7) is 12.2. The zero-order valence-electron chi connectivity index (χ0n) is 13.4. The normalized spacial score (nSPS) is 15.3. The van der Waals surface area contributed by atoms with Gasteiger partial charge in [-0.15, -0.1) is 11.3 Å². The van der Waals surface area contributed by atoms with Crippen molar-refractivity contribution in [3.63, 3.8) is 0 Å². The van der Waals surface area contributed by atoms with Gasteiger partial charge >= 0.3 is 0 Å². The molecule has 1 N–H and O–H groups in total. The smallest absolute Gasteiger partial charge is 0.185 e. The van der Waals surface area contributed by atoms with Crippen molar-refractivity contribution in [1.29, 1.82) is 0 Å². The lowest BCUT2D eigenvalue weighted by molar-refractivity contribution is 0.548. The van der Waals surface area contributed by atoms with Gasteiger partial charge in [-0.25, -0.2) is 4.98 Å². The molecule has 20 heavy (non-hydrogen) atoms. The molecule has 0 amide bonds. The van der Waals surface area contributed by atoms with Gasteiger partial charge in [-0.2, -0.15) is 0 Å². The number of hydrogen-bond acceptors (Lipinski definition) is 4. The molecule has 2 rings (SSSR count). The minimum Gasteiger partial charge on any atom is -0.345 e. The van der Waals surface area contributed by atoms with Crippen molar-refractivity contribution < 1.29 is 0 Å². The topological polar surface area (TPSA) is 28.2 Å². The van der Waals surface area contributed by atoms with Gasteiger partial charge < -0.3 is 10.2 Å². The third-order valence-electron chi connectivity index (χ3n) is 3.58. The van der Waals surface area contributed by atoms with Crippen molar-refractivity contribution in [2.75, 3.05) is 18.0 Å². The molecule has 0 atom stereocenters. The first kappa shape index (κ1) is 15.8. The van der Waals surface area contributed by atoms with Crippen molar-refractivity contribution in [3.8, 4) is 0 Å². The van der Waals surface area contributed by atoms with Gasteiger partial charge in [-0.3, -0.25) is 0 Å². The maximum Gasteiger partial charge on any atom is 0.185 e. The largest absolute Gasteiger partial charge is 0.345 e. The van der Waals surface area contributed by atoms with Crippen LogP contribution in [0, 0.1) is 11.8 Å². The predicted molar refractivity (Wildman–Crippen MR) is 88.5 cm³/mol. The van der Waals surface area contributed by atoms with Crippen molar-refractivity contribution in [1.82, 2.24) is 10.3 Å². The molecular weight excluding hydrogens is 266 g/mol. The van der Waals surface area contributed by atoms with Crippen LogP contribution in [0.1, 0.15) is 52.7 Å². The highest BCUT2D eigenvalue weighted by Gasteiger charge is 2.30. The van der Waals surface area contributed by atoms with E-state index in [9.17, 15) is 0 Å². The monoisotopic (exact) mass is 295 g/mol. The number of anilines is 1. The van der Waals surface area contributed by atoms with Gasteiger partial charge in [0.15, 0.2) is 5.13 Å². The van der Waals surface area contributed by atoms with Crippen LogP contribution in [0.3, 0.4) is 0 Å². The summed E-state index contributed by atoms with van der Waals surface area (Å²) >= 11 is 1.81. The average molecular weight is 295 g/mol. The minimum atomic E-state index is 0.696. The molecule has 4 heteroatoms. The molecule has 1 aliphatic carbocycles. The van der Waals surface area contributed by atoms with E-state index in [1.807, 2.05) is 11.3 Å². The first-order valence-corrected chi connectivity index (χ1v) is 8.86. The molecule has 114 valence electrons. The van der Waals surface area contributed by atoms with Crippen molar-refractivity contribution >= 4 is 16.5 Å². The van der Waals surface area contributed by atoms with Gasteiger partial charge in [-0.1, -0.05) is 27.7 Å². The highest BCUT2D eigenvalue weighted by atomic mass is 32.1.